The molecular weight excluding hydrogens is 317 g/mol. The second kappa shape index (κ2) is 7.00. The van der Waals surface area contributed by atoms with E-state index in [9.17, 15) is 4.39 Å². The Labute approximate surface area is 128 Å². The molecule has 2 atom stereocenters. The number of nitrogens with one attached hydrogen (secondary N) is 1. The molecule has 2 aromatic rings. The van der Waals surface area contributed by atoms with Gasteiger partial charge in [0.2, 0.25) is 0 Å². The highest BCUT2D eigenvalue weighted by atomic mass is 79.9. The first-order chi connectivity index (χ1) is 9.56. The van der Waals surface area contributed by atoms with Crippen molar-refractivity contribution in [3.63, 3.8) is 0 Å². The molecule has 0 amide bonds. The second-order valence-corrected chi connectivity index (χ2v) is 6.06. The lowest BCUT2D eigenvalue weighted by atomic mass is 10.0. The summed E-state index contributed by atoms with van der Waals surface area (Å²) in [6.07, 6.45) is 0.686. The fraction of sp³-hybridized carbons (Fsp3) is 0.294. The van der Waals surface area contributed by atoms with Crippen molar-refractivity contribution in [3.05, 3.63) is 69.9 Å². The monoisotopic (exact) mass is 335 g/mol. The number of rotatable bonds is 5. The Kier molecular flexibility index (Phi) is 5.32. The van der Waals surface area contributed by atoms with Crippen LogP contribution < -0.4 is 5.32 Å². The highest BCUT2D eigenvalue weighted by molar-refractivity contribution is 9.10. The van der Waals surface area contributed by atoms with Crippen molar-refractivity contribution in [2.45, 2.75) is 32.4 Å². The SMILES string of the molecule is CC(Cc1ccccc1F)N[C@@H](C)c1cccc(Br)c1. The van der Waals surface area contributed by atoms with Gasteiger partial charge in [0, 0.05) is 16.6 Å². The van der Waals surface area contributed by atoms with Crippen molar-refractivity contribution in [1.82, 2.24) is 5.32 Å². The molecule has 0 aromatic heterocycles. The minimum Gasteiger partial charge on any atom is -0.307 e. The molecule has 2 rings (SSSR count). The summed E-state index contributed by atoms with van der Waals surface area (Å²) in [6.45, 7) is 4.21. The quantitative estimate of drug-likeness (QED) is 0.821. The molecule has 0 heterocycles. The Morgan fingerprint density at radius 2 is 1.85 bits per heavy atom. The summed E-state index contributed by atoms with van der Waals surface area (Å²) < 4.78 is 14.7. The first-order valence-electron chi connectivity index (χ1n) is 6.81. The Balaban J connectivity index is 1.98. The molecule has 0 saturated heterocycles. The van der Waals surface area contributed by atoms with Crippen LogP contribution in [0.15, 0.2) is 53.0 Å². The van der Waals surface area contributed by atoms with Crippen LogP contribution in [0.1, 0.15) is 31.0 Å². The summed E-state index contributed by atoms with van der Waals surface area (Å²) in [5, 5.41) is 3.51. The van der Waals surface area contributed by atoms with Crippen LogP contribution in [0.3, 0.4) is 0 Å². The summed E-state index contributed by atoms with van der Waals surface area (Å²) >= 11 is 3.48. The van der Waals surface area contributed by atoms with Crippen molar-refractivity contribution >= 4 is 15.9 Å². The average molecular weight is 336 g/mol. The van der Waals surface area contributed by atoms with Gasteiger partial charge in [0.15, 0.2) is 0 Å². The first kappa shape index (κ1) is 15.2. The van der Waals surface area contributed by atoms with Crippen LogP contribution in [-0.4, -0.2) is 6.04 Å². The zero-order chi connectivity index (χ0) is 14.5. The zero-order valence-corrected chi connectivity index (χ0v) is 13.3. The van der Waals surface area contributed by atoms with E-state index >= 15 is 0 Å². The van der Waals surface area contributed by atoms with Crippen molar-refractivity contribution < 1.29 is 4.39 Å². The molecule has 0 radical (unpaired) electrons. The Bertz CT molecular complexity index is 570. The van der Waals surface area contributed by atoms with Crippen molar-refractivity contribution in [3.8, 4) is 0 Å². The van der Waals surface area contributed by atoms with Crippen molar-refractivity contribution in [1.29, 1.82) is 0 Å². The van der Waals surface area contributed by atoms with Gasteiger partial charge in [-0.3, -0.25) is 0 Å². The fourth-order valence-electron chi connectivity index (χ4n) is 2.35. The Morgan fingerprint density at radius 3 is 2.55 bits per heavy atom. The molecule has 0 saturated carbocycles. The molecule has 0 fully saturated rings. The number of hydrogen-bond donors (Lipinski definition) is 1. The maximum absolute atomic E-state index is 13.6. The number of benzene rings is 2. The van der Waals surface area contributed by atoms with Crippen LogP contribution in [0.2, 0.25) is 0 Å². The van der Waals surface area contributed by atoms with Crippen LogP contribution in [0.25, 0.3) is 0 Å². The molecule has 1 nitrogen and oxygen atoms in total. The summed E-state index contributed by atoms with van der Waals surface area (Å²) in [7, 11) is 0. The van der Waals surface area contributed by atoms with Gasteiger partial charge < -0.3 is 5.32 Å². The minimum absolute atomic E-state index is 0.128. The van der Waals surface area contributed by atoms with Gasteiger partial charge in [-0.2, -0.15) is 0 Å². The first-order valence-corrected chi connectivity index (χ1v) is 7.60. The molecule has 0 spiro atoms. The van der Waals surface area contributed by atoms with Gasteiger partial charge in [-0.1, -0.05) is 46.3 Å². The van der Waals surface area contributed by atoms with E-state index in [1.165, 1.54) is 11.6 Å². The maximum atomic E-state index is 13.6. The third-order valence-electron chi connectivity index (χ3n) is 3.37. The minimum atomic E-state index is -0.128. The van der Waals surface area contributed by atoms with Gasteiger partial charge in [-0.05, 0) is 49.6 Å². The lowest BCUT2D eigenvalue weighted by Crippen LogP contribution is -2.31. The third kappa shape index (κ3) is 4.15. The Morgan fingerprint density at radius 1 is 1.10 bits per heavy atom. The van der Waals surface area contributed by atoms with E-state index in [4.69, 9.17) is 0 Å². The lowest BCUT2D eigenvalue weighted by molar-refractivity contribution is 0.469. The predicted octanol–water partition coefficient (Wildman–Crippen LogP) is 4.87. The van der Waals surface area contributed by atoms with E-state index < -0.39 is 0 Å². The normalized spacial score (nSPS) is 14.0. The van der Waals surface area contributed by atoms with E-state index in [1.807, 2.05) is 24.3 Å². The van der Waals surface area contributed by atoms with Gasteiger partial charge in [-0.25, -0.2) is 4.39 Å². The van der Waals surface area contributed by atoms with Crippen molar-refractivity contribution in [2.24, 2.45) is 0 Å². The maximum Gasteiger partial charge on any atom is 0.126 e. The molecule has 1 unspecified atom stereocenters. The van der Waals surface area contributed by atoms with Gasteiger partial charge in [-0.15, -0.1) is 0 Å². The molecule has 106 valence electrons. The standard InChI is InChI=1S/C17H19BrFN/c1-12(10-15-6-3-4-9-17(15)19)20-13(2)14-7-5-8-16(18)11-14/h3-9,11-13,20H,10H2,1-2H3/t12?,13-/m0/s1. The van der Waals surface area contributed by atoms with E-state index in [1.54, 1.807) is 6.07 Å². The van der Waals surface area contributed by atoms with E-state index in [2.05, 4.69) is 47.2 Å². The Hall–Kier alpha value is -1.19. The highest BCUT2D eigenvalue weighted by Gasteiger charge is 2.12. The number of halogens is 2. The smallest absolute Gasteiger partial charge is 0.126 e. The van der Waals surface area contributed by atoms with E-state index in [0.717, 1.165) is 10.0 Å². The van der Waals surface area contributed by atoms with Crippen molar-refractivity contribution in [2.75, 3.05) is 0 Å². The number of hydrogen-bond acceptors (Lipinski definition) is 1. The second-order valence-electron chi connectivity index (χ2n) is 5.14. The topological polar surface area (TPSA) is 12.0 Å². The molecule has 0 bridgehead atoms. The van der Waals surface area contributed by atoms with E-state index in [-0.39, 0.29) is 17.9 Å². The third-order valence-corrected chi connectivity index (χ3v) is 3.86. The summed E-state index contributed by atoms with van der Waals surface area (Å²) in [4.78, 5) is 0. The summed E-state index contributed by atoms with van der Waals surface area (Å²) in [5.74, 6) is -0.128. The van der Waals surface area contributed by atoms with Crippen LogP contribution in [0, 0.1) is 5.82 Å². The molecule has 0 aliphatic heterocycles. The zero-order valence-electron chi connectivity index (χ0n) is 11.7. The van der Waals surface area contributed by atoms with Crippen LogP contribution in [0.5, 0.6) is 0 Å². The molecule has 20 heavy (non-hydrogen) atoms. The lowest BCUT2D eigenvalue weighted by Gasteiger charge is -2.21. The largest absolute Gasteiger partial charge is 0.307 e. The van der Waals surface area contributed by atoms with E-state index in [0.29, 0.717) is 6.42 Å². The van der Waals surface area contributed by atoms with Crippen LogP contribution in [0.4, 0.5) is 4.39 Å². The van der Waals surface area contributed by atoms with Gasteiger partial charge in [0.05, 0.1) is 0 Å². The van der Waals surface area contributed by atoms with Crippen LogP contribution in [-0.2, 0) is 6.42 Å². The fourth-order valence-corrected chi connectivity index (χ4v) is 2.77. The molecule has 0 aliphatic carbocycles. The molecule has 0 aliphatic rings. The van der Waals surface area contributed by atoms with Gasteiger partial charge >= 0.3 is 0 Å². The van der Waals surface area contributed by atoms with Gasteiger partial charge in [0.1, 0.15) is 5.82 Å². The van der Waals surface area contributed by atoms with Gasteiger partial charge in [0.25, 0.3) is 0 Å². The molecular formula is C17H19BrFN. The molecule has 1 N–H and O–H groups in total. The predicted molar refractivity (Wildman–Crippen MR) is 85.3 cm³/mol. The molecule has 3 heteroatoms. The molecule has 2 aromatic carbocycles. The summed E-state index contributed by atoms with van der Waals surface area (Å²) in [5.41, 5.74) is 1.98. The van der Waals surface area contributed by atoms with Crippen LogP contribution >= 0.6 is 15.9 Å². The highest BCUT2D eigenvalue weighted by Crippen LogP contribution is 2.19. The average Bonchev–Trinajstić information content (AvgIpc) is 2.41. The summed E-state index contributed by atoms with van der Waals surface area (Å²) in [6, 6.07) is 15.6.